The minimum Gasteiger partial charge on any atom is -0.389 e. The Labute approximate surface area is 203 Å². The molecule has 5 heteroatoms. The van der Waals surface area contributed by atoms with E-state index in [9.17, 15) is 13.5 Å². The maximum absolute atomic E-state index is 12.8. The highest BCUT2D eigenvalue weighted by Crippen LogP contribution is 2.21. The number of aryl methyl sites for hydroxylation is 1. The summed E-state index contributed by atoms with van der Waals surface area (Å²) in [6, 6.07) is 6.62. The number of unbranched alkanes of at least 4 members (excludes halogenated alkanes) is 11. The van der Waals surface area contributed by atoms with Crippen molar-refractivity contribution in [1.29, 1.82) is 0 Å². The molecule has 1 aromatic rings. The maximum Gasteiger partial charge on any atom is 0.297 e. The van der Waals surface area contributed by atoms with Gasteiger partial charge in [0.25, 0.3) is 10.1 Å². The van der Waals surface area contributed by atoms with Gasteiger partial charge in [-0.1, -0.05) is 102 Å². The molecule has 0 amide bonds. The summed E-state index contributed by atoms with van der Waals surface area (Å²) in [5.41, 5.74) is 0.985. The van der Waals surface area contributed by atoms with E-state index in [1.807, 2.05) is 6.92 Å². The summed E-state index contributed by atoms with van der Waals surface area (Å²) in [4.78, 5) is 0.128. The lowest BCUT2D eigenvalue weighted by Crippen LogP contribution is -2.31. The highest BCUT2D eigenvalue weighted by molar-refractivity contribution is 7.86. The highest BCUT2D eigenvalue weighted by Gasteiger charge is 2.27. The molecule has 1 rings (SSSR count). The summed E-state index contributed by atoms with van der Waals surface area (Å²) in [7, 11) is -3.93. The van der Waals surface area contributed by atoms with Crippen molar-refractivity contribution in [2.24, 2.45) is 0 Å². The van der Waals surface area contributed by atoms with Crippen LogP contribution >= 0.6 is 0 Å². The monoisotopic (exact) mass is 478 g/mol. The minimum atomic E-state index is -3.93. The first-order valence-corrected chi connectivity index (χ1v) is 14.4. The Morgan fingerprint density at radius 2 is 1.36 bits per heavy atom. The summed E-state index contributed by atoms with van der Waals surface area (Å²) in [6.07, 6.45) is 13.9. The van der Waals surface area contributed by atoms with Gasteiger partial charge in [-0.2, -0.15) is 8.42 Å². The van der Waals surface area contributed by atoms with E-state index in [4.69, 9.17) is 4.18 Å². The maximum atomic E-state index is 12.8. The van der Waals surface area contributed by atoms with Crippen LogP contribution in [0.25, 0.3) is 0 Å². The number of benzene rings is 1. The van der Waals surface area contributed by atoms with Gasteiger partial charge in [-0.3, -0.25) is 4.18 Å². The Bertz CT molecular complexity index is 774. The molecule has 0 radical (unpaired) electrons. The smallest absolute Gasteiger partial charge is 0.297 e. The zero-order chi connectivity index (χ0) is 24.4. The predicted octanol–water partition coefficient (Wildman–Crippen LogP) is 7.32. The predicted molar refractivity (Wildman–Crippen MR) is 138 cm³/mol. The van der Waals surface area contributed by atoms with Crippen molar-refractivity contribution in [3.8, 4) is 11.8 Å². The second-order valence-corrected chi connectivity index (χ2v) is 10.7. The fraction of sp³-hybridized carbons (Fsp3) is 0.714. The lowest BCUT2D eigenvalue weighted by Gasteiger charge is -2.21. The third-order valence-corrected chi connectivity index (χ3v) is 7.27. The number of aliphatic hydroxyl groups is 1. The standard InChI is InChI=1S/C28H46O4S/c1-4-6-8-10-12-13-14-16-18-20-28(27(29)19-17-15-11-9-7-5-2)32-33(30,31)26-23-21-25(3)22-24-26/h21-24,27-29H,4-14,16,18-20H2,1-3H3/t27-,28-/m0/s1. The molecule has 33 heavy (non-hydrogen) atoms. The van der Waals surface area contributed by atoms with Crippen molar-refractivity contribution in [2.75, 3.05) is 0 Å². The highest BCUT2D eigenvalue weighted by atomic mass is 32.2. The van der Waals surface area contributed by atoms with Crippen LogP contribution in [0, 0.1) is 18.8 Å². The molecule has 0 aliphatic carbocycles. The first kappa shape index (κ1) is 29.7. The Morgan fingerprint density at radius 3 is 1.97 bits per heavy atom. The molecule has 0 saturated carbocycles. The number of hydrogen-bond donors (Lipinski definition) is 1. The molecule has 0 aliphatic heterocycles. The Kier molecular flexibility index (Phi) is 16.2. The molecule has 0 aromatic heterocycles. The molecule has 4 nitrogen and oxygen atoms in total. The molecular formula is C28H46O4S. The van der Waals surface area contributed by atoms with Gasteiger partial charge in [-0.25, -0.2) is 0 Å². The second kappa shape index (κ2) is 18.0. The summed E-state index contributed by atoms with van der Waals surface area (Å²) in [5.74, 6) is 6.11. The lowest BCUT2D eigenvalue weighted by atomic mass is 10.0. The Morgan fingerprint density at radius 1 is 0.818 bits per heavy atom. The van der Waals surface area contributed by atoms with Crippen LogP contribution in [0.5, 0.6) is 0 Å². The molecule has 0 heterocycles. The van der Waals surface area contributed by atoms with Crippen LogP contribution in [0.1, 0.15) is 116 Å². The molecule has 0 unspecified atom stereocenters. The third kappa shape index (κ3) is 13.8. The first-order chi connectivity index (χ1) is 15.9. The average Bonchev–Trinajstić information content (AvgIpc) is 2.79. The molecule has 1 N–H and O–H groups in total. The van der Waals surface area contributed by atoms with Crippen molar-refractivity contribution in [1.82, 2.24) is 0 Å². The van der Waals surface area contributed by atoms with Gasteiger partial charge >= 0.3 is 0 Å². The van der Waals surface area contributed by atoms with Crippen LogP contribution in [0.4, 0.5) is 0 Å². The van der Waals surface area contributed by atoms with Crippen LogP contribution in [-0.2, 0) is 14.3 Å². The van der Waals surface area contributed by atoms with Gasteiger partial charge in [0.1, 0.15) is 6.10 Å². The van der Waals surface area contributed by atoms with E-state index in [1.165, 1.54) is 38.5 Å². The topological polar surface area (TPSA) is 63.6 Å². The fourth-order valence-electron chi connectivity index (χ4n) is 3.74. The number of aliphatic hydroxyl groups excluding tert-OH is 1. The molecule has 0 bridgehead atoms. The van der Waals surface area contributed by atoms with Gasteiger partial charge in [0.05, 0.1) is 11.0 Å². The zero-order valence-corrected chi connectivity index (χ0v) is 22.0. The normalized spacial score (nSPS) is 13.3. The quantitative estimate of drug-likeness (QED) is 0.136. The van der Waals surface area contributed by atoms with Crippen molar-refractivity contribution in [3.05, 3.63) is 29.8 Å². The fourth-order valence-corrected chi connectivity index (χ4v) is 4.87. The zero-order valence-electron chi connectivity index (χ0n) is 21.2. The van der Waals surface area contributed by atoms with Gasteiger partial charge in [0.15, 0.2) is 0 Å². The molecule has 0 aliphatic rings. The lowest BCUT2D eigenvalue weighted by molar-refractivity contribution is 0.0371. The average molecular weight is 479 g/mol. The summed E-state index contributed by atoms with van der Waals surface area (Å²) in [6.45, 7) is 6.29. The van der Waals surface area contributed by atoms with Crippen LogP contribution in [0.15, 0.2) is 29.2 Å². The van der Waals surface area contributed by atoms with Gasteiger partial charge < -0.3 is 5.11 Å². The summed E-state index contributed by atoms with van der Waals surface area (Å²) in [5, 5.41) is 10.7. The van der Waals surface area contributed by atoms with E-state index < -0.39 is 22.3 Å². The summed E-state index contributed by atoms with van der Waals surface area (Å²) >= 11 is 0. The molecule has 0 fully saturated rings. The van der Waals surface area contributed by atoms with Crippen molar-refractivity contribution in [2.45, 2.75) is 134 Å². The van der Waals surface area contributed by atoms with Gasteiger partial charge in [-0.05, 0) is 31.9 Å². The number of rotatable bonds is 18. The van der Waals surface area contributed by atoms with Crippen LogP contribution in [0.2, 0.25) is 0 Å². The van der Waals surface area contributed by atoms with E-state index in [1.54, 1.807) is 24.3 Å². The molecule has 188 valence electrons. The minimum absolute atomic E-state index is 0.128. The van der Waals surface area contributed by atoms with E-state index in [0.29, 0.717) is 6.42 Å². The summed E-state index contributed by atoms with van der Waals surface area (Å²) < 4.78 is 31.1. The second-order valence-electron chi connectivity index (χ2n) is 9.10. The SMILES string of the molecule is CCCCCC#CC[C@H](O)[C@H](CCCCCCCCCCC)OS(=O)(=O)c1ccc(C)cc1. The molecule has 0 spiro atoms. The Hall–Kier alpha value is -1.35. The van der Waals surface area contributed by atoms with Crippen LogP contribution < -0.4 is 0 Å². The molecule has 0 saturated heterocycles. The largest absolute Gasteiger partial charge is 0.389 e. The van der Waals surface area contributed by atoms with Crippen molar-refractivity contribution >= 4 is 10.1 Å². The third-order valence-electron chi connectivity index (χ3n) is 5.92. The molecule has 2 atom stereocenters. The van der Waals surface area contributed by atoms with Gasteiger partial charge in [0.2, 0.25) is 0 Å². The van der Waals surface area contributed by atoms with Crippen LogP contribution in [-0.4, -0.2) is 25.7 Å². The van der Waals surface area contributed by atoms with Crippen molar-refractivity contribution < 1.29 is 17.7 Å². The molecule has 1 aromatic carbocycles. The van der Waals surface area contributed by atoms with Gasteiger partial charge in [0, 0.05) is 12.8 Å². The molecular weight excluding hydrogens is 432 g/mol. The number of hydrogen-bond acceptors (Lipinski definition) is 4. The van der Waals surface area contributed by atoms with E-state index in [2.05, 4.69) is 25.7 Å². The van der Waals surface area contributed by atoms with E-state index >= 15 is 0 Å². The van der Waals surface area contributed by atoms with Crippen molar-refractivity contribution in [3.63, 3.8) is 0 Å². The van der Waals surface area contributed by atoms with Crippen LogP contribution in [0.3, 0.4) is 0 Å². The van der Waals surface area contributed by atoms with Gasteiger partial charge in [-0.15, -0.1) is 11.8 Å². The van der Waals surface area contributed by atoms with E-state index in [0.717, 1.165) is 50.5 Å². The first-order valence-electron chi connectivity index (χ1n) is 13.0. The Balaban J connectivity index is 2.61. The van der Waals surface area contributed by atoms with E-state index in [-0.39, 0.29) is 11.3 Å².